The van der Waals surface area contributed by atoms with Gasteiger partial charge < -0.3 is 10.2 Å². The lowest BCUT2D eigenvalue weighted by Gasteiger charge is -2.07. The molecule has 1 amide bonds. The predicted molar refractivity (Wildman–Crippen MR) is 78.3 cm³/mol. The van der Waals surface area contributed by atoms with Crippen molar-refractivity contribution in [1.29, 1.82) is 0 Å². The van der Waals surface area contributed by atoms with Crippen LogP contribution in [0, 0.1) is 6.92 Å². The lowest BCUT2D eigenvalue weighted by atomic mass is 10.2. The number of halogens is 1. The zero-order valence-electron chi connectivity index (χ0n) is 10.8. The molecule has 2 rings (SSSR count). The number of aromatic nitrogens is 2. The van der Waals surface area contributed by atoms with Crippen LogP contribution in [-0.2, 0) is 9.63 Å². The number of amides is 1. The molecule has 0 aliphatic rings. The van der Waals surface area contributed by atoms with Crippen LogP contribution in [0.5, 0.6) is 0 Å². The molecule has 8 heteroatoms. The van der Waals surface area contributed by atoms with Gasteiger partial charge in [-0.15, -0.1) is 5.10 Å². The quantitative estimate of drug-likeness (QED) is 0.695. The summed E-state index contributed by atoms with van der Waals surface area (Å²) < 4.78 is 3.69. The molecule has 1 aromatic heterocycles. The molecule has 0 unspecified atom stereocenters. The van der Waals surface area contributed by atoms with Crippen LogP contribution >= 0.6 is 23.1 Å². The van der Waals surface area contributed by atoms with Crippen LogP contribution in [0.1, 0.15) is 10.4 Å². The van der Waals surface area contributed by atoms with E-state index in [-0.39, 0.29) is 5.71 Å². The maximum atomic E-state index is 12.2. The minimum atomic E-state index is -0.419. The molecule has 104 valence electrons. The normalized spacial score (nSPS) is 11.2. The fourth-order valence-corrected chi connectivity index (χ4v) is 2.10. The standard InChI is InChI=1S/C12H11ClN4O2S/c1-7-3-4-8(5-9(7)13)15-12(18)11(16-19-2)10-6-14-17-20-10/h3-6H,1-2H3,(H,15,18)/b16-11-. The highest BCUT2D eigenvalue weighted by Crippen LogP contribution is 2.20. The van der Waals surface area contributed by atoms with Crippen LogP contribution in [0.2, 0.25) is 5.02 Å². The Bertz CT molecular complexity index is 643. The Hall–Kier alpha value is -1.99. The van der Waals surface area contributed by atoms with Crippen molar-refractivity contribution >= 4 is 40.4 Å². The van der Waals surface area contributed by atoms with Crippen molar-refractivity contribution in [2.45, 2.75) is 6.92 Å². The molecule has 20 heavy (non-hydrogen) atoms. The highest BCUT2D eigenvalue weighted by molar-refractivity contribution is 7.09. The van der Waals surface area contributed by atoms with Crippen LogP contribution in [0.15, 0.2) is 29.6 Å². The van der Waals surface area contributed by atoms with Crippen LogP contribution in [-0.4, -0.2) is 28.3 Å². The van der Waals surface area contributed by atoms with Crippen molar-refractivity contribution in [3.8, 4) is 0 Å². The third-order valence-corrected chi connectivity index (χ3v) is 3.50. The van der Waals surface area contributed by atoms with Crippen molar-refractivity contribution in [2.24, 2.45) is 5.16 Å². The Labute approximate surface area is 124 Å². The number of hydrogen-bond donors (Lipinski definition) is 1. The largest absolute Gasteiger partial charge is 0.398 e. The minimum absolute atomic E-state index is 0.110. The zero-order valence-corrected chi connectivity index (χ0v) is 12.3. The number of nitrogens with zero attached hydrogens (tertiary/aromatic N) is 3. The summed E-state index contributed by atoms with van der Waals surface area (Å²) >= 11 is 7.07. The second-order valence-corrected chi connectivity index (χ2v) is 5.02. The van der Waals surface area contributed by atoms with Gasteiger partial charge in [0.1, 0.15) is 12.0 Å². The lowest BCUT2D eigenvalue weighted by Crippen LogP contribution is -2.23. The summed E-state index contributed by atoms with van der Waals surface area (Å²) in [6, 6.07) is 5.25. The first-order valence-corrected chi connectivity index (χ1v) is 6.73. The zero-order chi connectivity index (χ0) is 14.5. The van der Waals surface area contributed by atoms with Gasteiger partial charge in [-0.1, -0.05) is 27.3 Å². The molecule has 1 N–H and O–H groups in total. The van der Waals surface area contributed by atoms with Crippen molar-refractivity contribution in [3.05, 3.63) is 39.9 Å². The van der Waals surface area contributed by atoms with Gasteiger partial charge in [0.25, 0.3) is 5.91 Å². The summed E-state index contributed by atoms with van der Waals surface area (Å²) in [6.45, 7) is 1.88. The van der Waals surface area contributed by atoms with Gasteiger partial charge in [-0.2, -0.15) is 0 Å². The van der Waals surface area contributed by atoms with Gasteiger partial charge in [0.15, 0.2) is 5.71 Å². The molecule has 0 aliphatic carbocycles. The number of nitrogens with one attached hydrogen (secondary N) is 1. The number of carbonyl (C=O) groups excluding carboxylic acids is 1. The monoisotopic (exact) mass is 310 g/mol. The molecule has 0 fully saturated rings. The molecule has 1 aromatic carbocycles. The van der Waals surface area contributed by atoms with Crippen molar-refractivity contribution < 1.29 is 9.63 Å². The third-order valence-electron chi connectivity index (χ3n) is 2.42. The second-order valence-electron chi connectivity index (χ2n) is 3.82. The van der Waals surface area contributed by atoms with Crippen LogP contribution in [0.4, 0.5) is 5.69 Å². The summed E-state index contributed by atoms with van der Waals surface area (Å²) in [5.41, 5.74) is 1.62. The maximum Gasteiger partial charge on any atom is 0.279 e. The first kappa shape index (κ1) is 14.4. The van der Waals surface area contributed by atoms with E-state index in [1.54, 1.807) is 12.1 Å². The molecular formula is C12H11ClN4O2S. The Kier molecular flexibility index (Phi) is 4.65. The summed E-state index contributed by atoms with van der Waals surface area (Å²) in [6.07, 6.45) is 1.45. The predicted octanol–water partition coefficient (Wildman–Crippen LogP) is 2.49. The number of benzene rings is 1. The van der Waals surface area contributed by atoms with Crippen LogP contribution < -0.4 is 5.32 Å². The second kappa shape index (κ2) is 6.44. The van der Waals surface area contributed by atoms with E-state index in [1.807, 2.05) is 13.0 Å². The van der Waals surface area contributed by atoms with E-state index in [2.05, 4.69) is 24.9 Å². The molecular weight excluding hydrogens is 300 g/mol. The summed E-state index contributed by atoms with van der Waals surface area (Å²) in [5, 5.41) is 10.7. The van der Waals surface area contributed by atoms with Gasteiger partial charge in [-0.3, -0.25) is 4.79 Å². The fourth-order valence-electron chi connectivity index (χ4n) is 1.42. The van der Waals surface area contributed by atoms with Crippen LogP contribution in [0.25, 0.3) is 0 Å². The Morgan fingerprint density at radius 3 is 2.90 bits per heavy atom. The van der Waals surface area contributed by atoms with Gasteiger partial charge in [-0.25, -0.2) is 0 Å². The first-order valence-electron chi connectivity index (χ1n) is 5.58. The molecule has 0 atom stereocenters. The van der Waals surface area contributed by atoms with E-state index >= 15 is 0 Å². The number of rotatable bonds is 4. The molecule has 0 radical (unpaired) electrons. The van der Waals surface area contributed by atoms with E-state index in [9.17, 15) is 4.79 Å². The van der Waals surface area contributed by atoms with Gasteiger partial charge in [0.05, 0.1) is 6.20 Å². The summed E-state index contributed by atoms with van der Waals surface area (Å²) in [7, 11) is 1.37. The third kappa shape index (κ3) is 3.31. The molecule has 0 saturated carbocycles. The average molecular weight is 311 g/mol. The van der Waals surface area contributed by atoms with Crippen LogP contribution in [0.3, 0.4) is 0 Å². The average Bonchev–Trinajstić information content (AvgIpc) is 2.94. The van der Waals surface area contributed by atoms with Gasteiger partial charge in [0, 0.05) is 10.7 Å². The van der Waals surface area contributed by atoms with Gasteiger partial charge >= 0.3 is 0 Å². The van der Waals surface area contributed by atoms with Gasteiger partial charge in [0.2, 0.25) is 0 Å². The molecule has 0 saturated heterocycles. The van der Waals surface area contributed by atoms with E-state index in [4.69, 9.17) is 11.6 Å². The smallest absolute Gasteiger partial charge is 0.279 e. The van der Waals surface area contributed by atoms with Crippen molar-refractivity contribution in [1.82, 2.24) is 9.59 Å². The number of carbonyl (C=O) groups is 1. The SMILES string of the molecule is CO/N=C(\C(=O)Nc1ccc(C)c(Cl)c1)c1cnns1. The molecule has 0 aliphatic heterocycles. The summed E-state index contributed by atoms with van der Waals surface area (Å²) in [4.78, 5) is 17.4. The summed E-state index contributed by atoms with van der Waals surface area (Å²) in [5.74, 6) is -0.419. The minimum Gasteiger partial charge on any atom is -0.398 e. The number of hydrogen-bond acceptors (Lipinski definition) is 6. The Balaban J connectivity index is 2.21. The fraction of sp³-hybridized carbons (Fsp3) is 0.167. The first-order chi connectivity index (χ1) is 9.61. The van der Waals surface area contributed by atoms with Gasteiger partial charge in [-0.05, 0) is 36.2 Å². The van der Waals surface area contributed by atoms with E-state index in [1.165, 1.54) is 13.3 Å². The molecule has 0 bridgehead atoms. The van der Waals surface area contributed by atoms with Crippen molar-refractivity contribution in [2.75, 3.05) is 12.4 Å². The highest BCUT2D eigenvalue weighted by Gasteiger charge is 2.18. The number of oxime groups is 1. The number of aryl methyl sites for hydroxylation is 1. The number of anilines is 1. The van der Waals surface area contributed by atoms with E-state index in [0.717, 1.165) is 17.1 Å². The Morgan fingerprint density at radius 2 is 2.30 bits per heavy atom. The van der Waals surface area contributed by atoms with E-state index in [0.29, 0.717) is 15.6 Å². The van der Waals surface area contributed by atoms with Crippen molar-refractivity contribution in [3.63, 3.8) is 0 Å². The molecule has 0 spiro atoms. The highest BCUT2D eigenvalue weighted by atomic mass is 35.5. The lowest BCUT2D eigenvalue weighted by molar-refractivity contribution is -0.110. The molecule has 6 nitrogen and oxygen atoms in total. The topological polar surface area (TPSA) is 76.5 Å². The molecule has 2 aromatic rings. The Morgan fingerprint density at radius 1 is 1.50 bits per heavy atom. The van der Waals surface area contributed by atoms with E-state index < -0.39 is 5.91 Å². The maximum absolute atomic E-state index is 12.2. The molecule has 1 heterocycles.